The number of hydrogen-bond donors (Lipinski definition) is 1. The van der Waals surface area contributed by atoms with Crippen LogP contribution in [0.15, 0.2) is 54.9 Å². The van der Waals surface area contributed by atoms with Crippen LogP contribution in [0.3, 0.4) is 0 Å². The highest BCUT2D eigenvalue weighted by molar-refractivity contribution is 5.90. The smallest absolute Gasteiger partial charge is 0.267 e. The zero-order chi connectivity index (χ0) is 28.5. The maximum atomic E-state index is 14.7. The van der Waals surface area contributed by atoms with E-state index in [2.05, 4.69) is 54.8 Å². The minimum absolute atomic E-state index is 0.0256. The molecule has 9 heteroatoms. The van der Waals surface area contributed by atoms with Crippen LogP contribution in [0.5, 0.6) is 0 Å². The van der Waals surface area contributed by atoms with Crippen LogP contribution >= 0.6 is 0 Å². The molecule has 202 valence electrons. The summed E-state index contributed by atoms with van der Waals surface area (Å²) < 4.78 is 29.3. The van der Waals surface area contributed by atoms with Crippen molar-refractivity contribution in [3.63, 3.8) is 0 Å². The Kier molecular flexibility index (Phi) is 7.54. The Labute approximate surface area is 227 Å². The second-order valence-corrected chi connectivity index (χ2v) is 10.9. The Balaban J connectivity index is 1.92. The molecule has 0 unspecified atom stereocenters. The third-order valence-corrected chi connectivity index (χ3v) is 7.60. The molecule has 7 nitrogen and oxygen atoms in total. The number of halogens is 2. The Bertz CT molecular complexity index is 1500. The number of benzene rings is 1. The molecular weight excluding hydrogens is 498 g/mol. The number of primary amides is 1. The van der Waals surface area contributed by atoms with Crippen molar-refractivity contribution in [1.82, 2.24) is 25.1 Å². The zero-order valence-electron chi connectivity index (χ0n) is 23.0. The van der Waals surface area contributed by atoms with E-state index in [1.165, 1.54) is 30.5 Å². The molecule has 1 aromatic carbocycles. The molecule has 1 amide bonds. The third kappa shape index (κ3) is 5.13. The Hall–Kier alpha value is -4.14. The molecule has 0 aliphatic heterocycles. The maximum absolute atomic E-state index is 14.7. The van der Waals surface area contributed by atoms with Gasteiger partial charge in [0.05, 0.1) is 28.1 Å². The van der Waals surface area contributed by atoms with Gasteiger partial charge in [0.1, 0.15) is 17.3 Å². The lowest BCUT2D eigenvalue weighted by molar-refractivity contribution is 0.0995. The van der Waals surface area contributed by atoms with Gasteiger partial charge < -0.3 is 5.73 Å². The quantitative estimate of drug-likeness (QED) is 0.303. The van der Waals surface area contributed by atoms with Crippen molar-refractivity contribution < 1.29 is 13.6 Å². The van der Waals surface area contributed by atoms with Crippen molar-refractivity contribution in [2.75, 3.05) is 0 Å². The molecule has 0 spiro atoms. The van der Waals surface area contributed by atoms with Gasteiger partial charge in [-0.3, -0.25) is 9.78 Å². The standard InChI is InChI=1S/C30H32F2N6O/c1-7-17(2)19-15-23(25-20(31)9-8-10-21(25)32)37-38-26(19)30(6,29(3,4)5)24-13-14-34-28(36-24)18-11-12-22(27(33)39)35-16-18/h8-17H,7H2,1-6H3,(H2,33,39)/t17-,30-/m0/s1. The highest BCUT2D eigenvalue weighted by Gasteiger charge is 2.46. The summed E-state index contributed by atoms with van der Waals surface area (Å²) in [5, 5.41) is 8.98. The molecule has 3 heterocycles. The second kappa shape index (κ2) is 10.6. The summed E-state index contributed by atoms with van der Waals surface area (Å²) in [5.41, 5.74) is 7.07. The summed E-state index contributed by atoms with van der Waals surface area (Å²) in [5.74, 6) is -1.55. The molecule has 0 fully saturated rings. The van der Waals surface area contributed by atoms with Gasteiger partial charge in [0, 0.05) is 18.0 Å². The van der Waals surface area contributed by atoms with E-state index in [9.17, 15) is 13.6 Å². The van der Waals surface area contributed by atoms with Crippen molar-refractivity contribution in [3.8, 4) is 22.6 Å². The average Bonchev–Trinajstić information content (AvgIpc) is 2.91. The van der Waals surface area contributed by atoms with E-state index >= 15 is 0 Å². The number of carbonyl (C=O) groups excluding carboxylic acids is 1. The van der Waals surface area contributed by atoms with E-state index in [4.69, 9.17) is 10.7 Å². The Morgan fingerprint density at radius 1 is 1.00 bits per heavy atom. The van der Waals surface area contributed by atoms with E-state index in [0.29, 0.717) is 22.8 Å². The minimum atomic E-state index is -0.774. The summed E-state index contributed by atoms with van der Waals surface area (Å²) in [7, 11) is 0. The number of aromatic nitrogens is 5. The van der Waals surface area contributed by atoms with Crippen LogP contribution in [-0.2, 0) is 5.41 Å². The molecule has 0 aliphatic rings. The van der Waals surface area contributed by atoms with Gasteiger partial charge in [0.25, 0.3) is 5.91 Å². The fourth-order valence-corrected chi connectivity index (χ4v) is 4.56. The Morgan fingerprint density at radius 2 is 1.69 bits per heavy atom. The number of rotatable bonds is 7. The van der Waals surface area contributed by atoms with E-state index < -0.39 is 28.4 Å². The van der Waals surface area contributed by atoms with Gasteiger partial charge in [0.15, 0.2) is 5.82 Å². The molecule has 2 atom stereocenters. The van der Waals surface area contributed by atoms with E-state index in [0.717, 1.165) is 12.0 Å². The van der Waals surface area contributed by atoms with Gasteiger partial charge in [-0.1, -0.05) is 40.7 Å². The molecular formula is C30H32F2N6O. The van der Waals surface area contributed by atoms with Crippen LogP contribution in [0, 0.1) is 17.0 Å². The number of nitrogens with zero attached hydrogens (tertiary/aromatic N) is 5. The highest BCUT2D eigenvalue weighted by Crippen LogP contribution is 2.48. The van der Waals surface area contributed by atoms with Crippen molar-refractivity contribution in [1.29, 1.82) is 0 Å². The largest absolute Gasteiger partial charge is 0.364 e. The van der Waals surface area contributed by atoms with Gasteiger partial charge in [0.2, 0.25) is 0 Å². The van der Waals surface area contributed by atoms with E-state index in [-0.39, 0.29) is 22.9 Å². The molecule has 4 rings (SSSR count). The summed E-state index contributed by atoms with van der Waals surface area (Å²) in [6.45, 7) is 12.4. The number of amides is 1. The molecule has 2 N–H and O–H groups in total. The molecule has 4 aromatic rings. The van der Waals surface area contributed by atoms with Gasteiger partial charge in [-0.15, -0.1) is 5.10 Å². The lowest BCUT2D eigenvalue weighted by Gasteiger charge is -2.42. The van der Waals surface area contributed by atoms with Gasteiger partial charge >= 0.3 is 0 Å². The van der Waals surface area contributed by atoms with Gasteiger partial charge in [-0.05, 0) is 66.6 Å². The lowest BCUT2D eigenvalue weighted by Crippen LogP contribution is -2.41. The first kappa shape index (κ1) is 27.9. The number of hydrogen-bond acceptors (Lipinski definition) is 6. The third-order valence-electron chi connectivity index (χ3n) is 7.60. The first-order chi connectivity index (χ1) is 18.4. The lowest BCUT2D eigenvalue weighted by atomic mass is 9.62. The fraction of sp³-hybridized carbons (Fsp3) is 0.333. The normalized spacial score (nSPS) is 14.1. The topological polar surface area (TPSA) is 108 Å². The molecule has 0 radical (unpaired) electrons. The highest BCUT2D eigenvalue weighted by atomic mass is 19.1. The van der Waals surface area contributed by atoms with Crippen LogP contribution < -0.4 is 5.73 Å². The van der Waals surface area contributed by atoms with Crippen LogP contribution in [0.25, 0.3) is 22.6 Å². The van der Waals surface area contributed by atoms with Crippen molar-refractivity contribution in [2.45, 2.75) is 59.3 Å². The van der Waals surface area contributed by atoms with Crippen LogP contribution in [-0.4, -0.2) is 31.1 Å². The molecule has 0 saturated carbocycles. The van der Waals surface area contributed by atoms with Crippen molar-refractivity contribution >= 4 is 5.91 Å². The van der Waals surface area contributed by atoms with E-state index in [1.54, 1.807) is 18.3 Å². The second-order valence-electron chi connectivity index (χ2n) is 10.9. The predicted octanol–water partition coefficient (Wildman–Crippen LogP) is 6.24. The van der Waals surface area contributed by atoms with Gasteiger partial charge in [-0.2, -0.15) is 5.10 Å². The van der Waals surface area contributed by atoms with E-state index in [1.807, 2.05) is 13.0 Å². The zero-order valence-corrected chi connectivity index (χ0v) is 23.0. The summed E-state index contributed by atoms with van der Waals surface area (Å²) >= 11 is 0. The monoisotopic (exact) mass is 530 g/mol. The Morgan fingerprint density at radius 3 is 2.26 bits per heavy atom. The fourth-order valence-electron chi connectivity index (χ4n) is 4.56. The van der Waals surface area contributed by atoms with Crippen LogP contribution in [0.4, 0.5) is 8.78 Å². The number of nitrogens with two attached hydrogens (primary N) is 1. The van der Waals surface area contributed by atoms with Gasteiger partial charge in [-0.25, -0.2) is 18.7 Å². The molecule has 3 aromatic heterocycles. The first-order valence-electron chi connectivity index (χ1n) is 12.8. The van der Waals surface area contributed by atoms with Crippen molar-refractivity contribution in [2.24, 2.45) is 11.1 Å². The minimum Gasteiger partial charge on any atom is -0.364 e. The predicted molar refractivity (Wildman–Crippen MR) is 146 cm³/mol. The van der Waals surface area contributed by atoms with Crippen LogP contribution in [0.2, 0.25) is 0 Å². The summed E-state index contributed by atoms with van der Waals surface area (Å²) in [6, 6.07) is 10.6. The molecule has 0 saturated heterocycles. The first-order valence-corrected chi connectivity index (χ1v) is 12.8. The summed E-state index contributed by atoms with van der Waals surface area (Å²) in [6.07, 6.45) is 3.96. The molecule has 0 aliphatic carbocycles. The summed E-state index contributed by atoms with van der Waals surface area (Å²) in [4.78, 5) is 24.9. The molecule has 39 heavy (non-hydrogen) atoms. The maximum Gasteiger partial charge on any atom is 0.267 e. The van der Waals surface area contributed by atoms with Crippen LogP contribution in [0.1, 0.15) is 81.3 Å². The SMILES string of the molecule is CC[C@H](C)c1cc(-c2c(F)cccc2F)nnc1[C@](C)(c1ccnc(-c2ccc(C(N)=O)nc2)n1)C(C)(C)C. The number of pyridine rings is 1. The van der Waals surface area contributed by atoms with Crippen molar-refractivity contribution in [3.05, 3.63) is 89.1 Å². The number of carbonyl (C=O) groups is 1. The molecule has 0 bridgehead atoms. The average molecular weight is 531 g/mol.